The largest absolute Gasteiger partial charge is 0.494 e. The van der Waals surface area contributed by atoms with Crippen LogP contribution in [0.5, 0.6) is 11.5 Å². The molecule has 1 amide bonds. The standard InChI is InChI=1S/C27H25F2NO3/c1-4-32-19-11-12-21-24(14-19)33-26(2,3)16-27(21)20-7-5-6-8-23(20)30(25(27)31)15-17-9-10-18(28)13-22(17)29/h5-14H,4,15-16H2,1-3H3. The highest BCUT2D eigenvalue weighted by atomic mass is 19.1. The number of carbonyl (C=O) groups is 1. The Morgan fingerprint density at radius 1 is 1.03 bits per heavy atom. The molecule has 0 fully saturated rings. The van der Waals surface area contributed by atoms with E-state index in [1.807, 2.05) is 63.2 Å². The number of amides is 1. The van der Waals surface area contributed by atoms with Gasteiger partial charge in [0.15, 0.2) is 0 Å². The van der Waals surface area contributed by atoms with E-state index in [0.717, 1.165) is 22.9 Å². The van der Waals surface area contributed by atoms with Crippen LogP contribution in [0.25, 0.3) is 0 Å². The van der Waals surface area contributed by atoms with E-state index in [2.05, 4.69) is 0 Å². The van der Waals surface area contributed by atoms with Crippen LogP contribution < -0.4 is 14.4 Å². The maximum atomic E-state index is 14.5. The van der Waals surface area contributed by atoms with Crippen molar-refractivity contribution >= 4 is 11.6 Å². The van der Waals surface area contributed by atoms with Crippen molar-refractivity contribution in [2.45, 2.75) is 44.8 Å². The molecule has 0 N–H and O–H groups in total. The van der Waals surface area contributed by atoms with Crippen molar-refractivity contribution in [2.75, 3.05) is 11.5 Å². The molecule has 5 rings (SSSR count). The van der Waals surface area contributed by atoms with Crippen LogP contribution in [-0.2, 0) is 16.8 Å². The number of para-hydroxylation sites is 1. The lowest BCUT2D eigenvalue weighted by molar-refractivity contribution is -0.124. The van der Waals surface area contributed by atoms with Crippen LogP contribution in [0.3, 0.4) is 0 Å². The third-order valence-corrected chi connectivity index (χ3v) is 6.41. The molecule has 3 aromatic carbocycles. The van der Waals surface area contributed by atoms with Gasteiger partial charge in [-0.15, -0.1) is 0 Å². The van der Waals surface area contributed by atoms with Crippen molar-refractivity contribution in [3.05, 3.63) is 89.0 Å². The molecule has 0 aromatic heterocycles. The Bertz CT molecular complexity index is 1260. The van der Waals surface area contributed by atoms with E-state index in [0.29, 0.717) is 24.5 Å². The predicted octanol–water partition coefficient (Wildman–Crippen LogP) is 5.76. The number of fused-ring (bicyclic) bond motifs is 4. The molecule has 4 nitrogen and oxygen atoms in total. The second-order valence-electron chi connectivity index (χ2n) is 9.18. The fraction of sp³-hybridized carbons (Fsp3) is 0.296. The summed E-state index contributed by atoms with van der Waals surface area (Å²) >= 11 is 0. The van der Waals surface area contributed by atoms with E-state index in [-0.39, 0.29) is 18.0 Å². The van der Waals surface area contributed by atoms with E-state index in [4.69, 9.17) is 9.47 Å². The second-order valence-corrected chi connectivity index (χ2v) is 9.18. The van der Waals surface area contributed by atoms with Gasteiger partial charge in [-0.1, -0.05) is 30.3 Å². The van der Waals surface area contributed by atoms with E-state index in [1.165, 1.54) is 12.1 Å². The zero-order valence-corrected chi connectivity index (χ0v) is 18.8. The number of anilines is 1. The van der Waals surface area contributed by atoms with Gasteiger partial charge in [-0.3, -0.25) is 4.79 Å². The number of ether oxygens (including phenoxy) is 2. The molecule has 2 aliphatic rings. The van der Waals surface area contributed by atoms with Gasteiger partial charge >= 0.3 is 0 Å². The molecule has 3 aromatic rings. The Kier molecular flexibility index (Phi) is 4.92. The van der Waals surface area contributed by atoms with Crippen LogP contribution in [0, 0.1) is 11.6 Å². The molecule has 0 radical (unpaired) electrons. The first kappa shape index (κ1) is 21.4. The number of benzene rings is 3. The fourth-order valence-electron chi connectivity index (χ4n) is 5.20. The van der Waals surface area contributed by atoms with Gasteiger partial charge in [0.1, 0.15) is 34.1 Å². The number of rotatable bonds is 4. The molecular weight excluding hydrogens is 424 g/mol. The summed E-state index contributed by atoms with van der Waals surface area (Å²) in [6, 6.07) is 16.6. The molecule has 2 heterocycles. The molecule has 1 unspecified atom stereocenters. The summed E-state index contributed by atoms with van der Waals surface area (Å²) in [5, 5.41) is 0. The van der Waals surface area contributed by atoms with Crippen molar-refractivity contribution < 1.29 is 23.0 Å². The first-order valence-corrected chi connectivity index (χ1v) is 11.1. The van der Waals surface area contributed by atoms with Crippen LogP contribution in [-0.4, -0.2) is 18.1 Å². The quantitative estimate of drug-likeness (QED) is 0.509. The highest BCUT2D eigenvalue weighted by Gasteiger charge is 2.58. The molecule has 1 spiro atoms. The number of nitrogens with zero attached hydrogens (tertiary/aromatic N) is 1. The average molecular weight is 449 g/mol. The van der Waals surface area contributed by atoms with Crippen molar-refractivity contribution in [1.82, 2.24) is 0 Å². The number of hydrogen-bond acceptors (Lipinski definition) is 3. The highest BCUT2D eigenvalue weighted by Crippen LogP contribution is 2.56. The minimum Gasteiger partial charge on any atom is -0.494 e. The average Bonchev–Trinajstić information content (AvgIpc) is 2.98. The first-order valence-electron chi connectivity index (χ1n) is 11.1. The predicted molar refractivity (Wildman–Crippen MR) is 122 cm³/mol. The van der Waals surface area contributed by atoms with Crippen LogP contribution in [0.2, 0.25) is 0 Å². The monoisotopic (exact) mass is 449 g/mol. The number of hydrogen-bond donors (Lipinski definition) is 0. The van der Waals surface area contributed by atoms with Gasteiger partial charge in [-0.25, -0.2) is 8.78 Å². The Labute approximate surface area is 191 Å². The second kappa shape index (κ2) is 7.58. The zero-order valence-electron chi connectivity index (χ0n) is 18.8. The molecule has 1 atom stereocenters. The van der Waals surface area contributed by atoms with Crippen molar-refractivity contribution in [2.24, 2.45) is 0 Å². The summed E-state index contributed by atoms with van der Waals surface area (Å²) in [6.45, 7) is 6.37. The van der Waals surface area contributed by atoms with Gasteiger partial charge in [0.25, 0.3) is 0 Å². The SMILES string of the molecule is CCOc1ccc2c(c1)OC(C)(C)CC21C(=O)N(Cc2ccc(F)cc2F)c2ccccc21. The van der Waals surface area contributed by atoms with Crippen molar-refractivity contribution in [3.63, 3.8) is 0 Å². The maximum absolute atomic E-state index is 14.5. The van der Waals surface area contributed by atoms with Crippen LogP contribution in [0.4, 0.5) is 14.5 Å². The Hall–Kier alpha value is -3.41. The van der Waals surface area contributed by atoms with Gasteiger partial charge in [0.05, 0.1) is 13.2 Å². The van der Waals surface area contributed by atoms with Crippen molar-refractivity contribution in [1.29, 1.82) is 0 Å². The van der Waals surface area contributed by atoms with E-state index in [1.54, 1.807) is 4.90 Å². The van der Waals surface area contributed by atoms with Crippen LogP contribution >= 0.6 is 0 Å². The Morgan fingerprint density at radius 2 is 1.82 bits per heavy atom. The lowest BCUT2D eigenvalue weighted by atomic mass is 9.67. The van der Waals surface area contributed by atoms with Gasteiger partial charge in [-0.2, -0.15) is 0 Å². The van der Waals surface area contributed by atoms with E-state index < -0.39 is 22.7 Å². The maximum Gasteiger partial charge on any atom is 0.242 e. The minimum absolute atomic E-state index is 0.0113. The fourth-order valence-corrected chi connectivity index (χ4v) is 5.20. The van der Waals surface area contributed by atoms with Gasteiger partial charge in [0.2, 0.25) is 5.91 Å². The van der Waals surface area contributed by atoms with Gasteiger partial charge < -0.3 is 14.4 Å². The van der Waals surface area contributed by atoms with Crippen LogP contribution in [0.1, 0.15) is 43.9 Å². The molecule has 170 valence electrons. The zero-order chi connectivity index (χ0) is 23.4. The highest BCUT2D eigenvalue weighted by molar-refractivity contribution is 6.11. The van der Waals surface area contributed by atoms with E-state index in [9.17, 15) is 13.6 Å². The summed E-state index contributed by atoms with van der Waals surface area (Å²) in [4.78, 5) is 15.8. The molecule has 0 aliphatic carbocycles. The van der Waals surface area contributed by atoms with E-state index >= 15 is 0 Å². The summed E-state index contributed by atoms with van der Waals surface area (Å²) in [5.74, 6) is -0.182. The smallest absolute Gasteiger partial charge is 0.242 e. The summed E-state index contributed by atoms with van der Waals surface area (Å²) in [6.07, 6.45) is 0.430. The van der Waals surface area contributed by atoms with Gasteiger partial charge in [0, 0.05) is 35.4 Å². The van der Waals surface area contributed by atoms with Gasteiger partial charge in [-0.05, 0) is 44.5 Å². The molecule has 6 heteroatoms. The molecule has 33 heavy (non-hydrogen) atoms. The molecular formula is C27H25F2NO3. The number of halogens is 2. The lowest BCUT2D eigenvalue weighted by Gasteiger charge is -2.43. The summed E-state index contributed by atoms with van der Waals surface area (Å²) < 4.78 is 39.9. The Morgan fingerprint density at radius 3 is 2.58 bits per heavy atom. The normalized spacial score (nSPS) is 20.4. The molecule has 0 saturated carbocycles. The Balaban J connectivity index is 1.68. The van der Waals surface area contributed by atoms with Crippen molar-refractivity contribution in [3.8, 4) is 11.5 Å². The lowest BCUT2D eigenvalue weighted by Crippen LogP contribution is -2.50. The molecule has 0 bridgehead atoms. The van der Waals surface area contributed by atoms with Crippen LogP contribution in [0.15, 0.2) is 60.7 Å². The minimum atomic E-state index is -0.977. The first-order chi connectivity index (χ1) is 15.7. The number of carbonyl (C=O) groups excluding carboxylic acids is 1. The molecule has 0 saturated heterocycles. The summed E-state index contributed by atoms with van der Waals surface area (Å²) in [5.41, 5.74) is 1.01. The third kappa shape index (κ3) is 3.36. The molecule has 2 aliphatic heterocycles. The summed E-state index contributed by atoms with van der Waals surface area (Å²) in [7, 11) is 0. The third-order valence-electron chi connectivity index (χ3n) is 6.41. The topological polar surface area (TPSA) is 38.8 Å².